The zero-order valence-electron chi connectivity index (χ0n) is 18.1. The van der Waals surface area contributed by atoms with Crippen molar-refractivity contribution in [2.45, 2.75) is 0 Å². The Kier molecular flexibility index (Phi) is 5.45. The molecule has 10 nitrogen and oxygen atoms in total. The van der Waals surface area contributed by atoms with Crippen molar-refractivity contribution in [3.05, 3.63) is 66.0 Å². The van der Waals surface area contributed by atoms with E-state index < -0.39 is 0 Å². The molecule has 34 heavy (non-hydrogen) atoms. The number of hydrogen-bond donors (Lipinski definition) is 2. The minimum Gasteiger partial charge on any atom is -0.378 e. The van der Waals surface area contributed by atoms with E-state index >= 15 is 0 Å². The molecule has 0 aliphatic carbocycles. The minimum atomic E-state index is 0.400. The van der Waals surface area contributed by atoms with Crippen LogP contribution < -0.4 is 15.5 Å². The summed E-state index contributed by atoms with van der Waals surface area (Å²) in [6.45, 7) is 3.31. The fraction of sp³-hybridized carbons (Fsp3) is 0.174. The molecule has 0 radical (unpaired) electrons. The molecule has 1 saturated heterocycles. The third-order valence-electron chi connectivity index (χ3n) is 5.49. The van der Waals surface area contributed by atoms with Gasteiger partial charge in [0.05, 0.1) is 25.1 Å². The summed E-state index contributed by atoms with van der Waals surface area (Å²) in [6, 6.07) is 10.3. The van der Waals surface area contributed by atoms with E-state index in [4.69, 9.17) is 14.7 Å². The maximum Gasteiger partial charge on any atom is 0.232 e. The van der Waals surface area contributed by atoms with Gasteiger partial charge in [0.15, 0.2) is 22.8 Å². The van der Waals surface area contributed by atoms with Crippen molar-refractivity contribution in [1.82, 2.24) is 29.5 Å². The van der Waals surface area contributed by atoms with Crippen LogP contribution >= 0.6 is 11.3 Å². The molecule has 0 spiro atoms. The van der Waals surface area contributed by atoms with Gasteiger partial charge in [-0.25, -0.2) is 9.97 Å². The summed E-state index contributed by atoms with van der Waals surface area (Å²) in [4.78, 5) is 24.7. The van der Waals surface area contributed by atoms with Gasteiger partial charge < -0.3 is 20.3 Å². The smallest absolute Gasteiger partial charge is 0.232 e. The van der Waals surface area contributed by atoms with Crippen LogP contribution in [0, 0.1) is 0 Å². The molecule has 6 rings (SSSR count). The molecule has 11 heteroatoms. The molecule has 1 aliphatic heterocycles. The Morgan fingerprint density at radius 3 is 2.56 bits per heavy atom. The van der Waals surface area contributed by atoms with Crippen LogP contribution in [0.25, 0.3) is 16.9 Å². The summed E-state index contributed by atoms with van der Waals surface area (Å²) in [7, 11) is 0. The number of nitrogens with one attached hydrogen (secondary N) is 2. The number of morpholine rings is 1. The second kappa shape index (κ2) is 9.04. The van der Waals surface area contributed by atoms with E-state index in [0.29, 0.717) is 28.7 Å². The molecular weight excluding hydrogens is 450 g/mol. The number of fused-ring (bicyclic) bond motifs is 1. The van der Waals surface area contributed by atoms with E-state index in [9.17, 15) is 0 Å². The quantitative estimate of drug-likeness (QED) is 0.380. The summed E-state index contributed by atoms with van der Waals surface area (Å²) in [5.41, 5.74) is 4.44. The molecule has 0 saturated carbocycles. The highest BCUT2D eigenvalue weighted by Gasteiger charge is 2.16. The summed E-state index contributed by atoms with van der Waals surface area (Å²) >= 11 is 1.62. The van der Waals surface area contributed by atoms with Gasteiger partial charge in [0.1, 0.15) is 6.33 Å². The maximum atomic E-state index is 5.46. The predicted octanol–water partition coefficient (Wildman–Crippen LogP) is 3.99. The largest absolute Gasteiger partial charge is 0.378 e. The molecule has 1 fully saturated rings. The van der Waals surface area contributed by atoms with Gasteiger partial charge in [0, 0.05) is 42.2 Å². The van der Waals surface area contributed by atoms with Gasteiger partial charge in [-0.1, -0.05) is 0 Å². The van der Waals surface area contributed by atoms with Gasteiger partial charge in [-0.05, 0) is 35.7 Å². The second-order valence-corrected chi connectivity index (χ2v) is 8.43. The number of aromatic nitrogens is 6. The zero-order chi connectivity index (χ0) is 22.7. The van der Waals surface area contributed by atoms with Crippen molar-refractivity contribution >= 4 is 51.5 Å². The number of imidazole rings is 1. The third kappa shape index (κ3) is 4.14. The van der Waals surface area contributed by atoms with Crippen LogP contribution in [0.2, 0.25) is 0 Å². The van der Waals surface area contributed by atoms with Crippen molar-refractivity contribution < 1.29 is 4.74 Å². The number of nitrogens with zero attached hydrogens (tertiary/aromatic N) is 7. The Morgan fingerprint density at radius 2 is 1.79 bits per heavy atom. The second-order valence-electron chi connectivity index (χ2n) is 7.65. The molecule has 0 amide bonds. The van der Waals surface area contributed by atoms with Crippen LogP contribution in [0.3, 0.4) is 0 Å². The maximum absolute atomic E-state index is 5.46. The Labute approximate surface area is 199 Å². The number of benzene rings is 1. The van der Waals surface area contributed by atoms with Crippen LogP contribution in [0.4, 0.5) is 29.0 Å². The Bertz CT molecular complexity index is 1380. The van der Waals surface area contributed by atoms with Gasteiger partial charge in [0.2, 0.25) is 5.95 Å². The van der Waals surface area contributed by atoms with E-state index in [-0.39, 0.29) is 0 Å². The Morgan fingerprint density at radius 1 is 0.912 bits per heavy atom. The lowest BCUT2D eigenvalue weighted by molar-refractivity contribution is 0.122. The first kappa shape index (κ1) is 20.5. The van der Waals surface area contributed by atoms with Crippen LogP contribution in [0.1, 0.15) is 0 Å². The topological polar surface area (TPSA) is 106 Å². The summed E-state index contributed by atoms with van der Waals surface area (Å²) in [5.74, 6) is 1.56. The fourth-order valence-corrected chi connectivity index (χ4v) is 4.45. The average Bonchev–Trinajstić information content (AvgIpc) is 3.56. The SMILES string of the molecule is c1cnc(Nc2nc(Nc3ccc(N4CCOCC4)cc3)c3ncn(-c4ccsc4)c3n2)cn1. The normalized spacial score (nSPS) is 13.8. The van der Waals surface area contributed by atoms with E-state index in [0.717, 1.165) is 37.7 Å². The lowest BCUT2D eigenvalue weighted by atomic mass is 10.2. The summed E-state index contributed by atoms with van der Waals surface area (Å²) in [5, 5.41) is 10.6. The molecule has 170 valence electrons. The van der Waals surface area contributed by atoms with E-state index in [1.54, 1.807) is 36.3 Å². The molecule has 4 aromatic heterocycles. The minimum absolute atomic E-state index is 0.400. The molecular formula is C23H21N9OS. The lowest BCUT2D eigenvalue weighted by Crippen LogP contribution is -2.36. The molecule has 2 N–H and O–H groups in total. The predicted molar refractivity (Wildman–Crippen MR) is 133 cm³/mol. The first-order valence-corrected chi connectivity index (χ1v) is 11.8. The molecule has 0 unspecified atom stereocenters. The molecule has 0 bridgehead atoms. The first-order valence-electron chi connectivity index (χ1n) is 10.8. The number of anilines is 5. The van der Waals surface area contributed by atoms with Gasteiger partial charge in [-0.3, -0.25) is 9.55 Å². The van der Waals surface area contributed by atoms with Crippen molar-refractivity contribution in [3.8, 4) is 5.69 Å². The number of thiophene rings is 1. The molecule has 0 atom stereocenters. The monoisotopic (exact) mass is 471 g/mol. The molecule has 1 aromatic carbocycles. The van der Waals surface area contributed by atoms with Gasteiger partial charge in [0.25, 0.3) is 0 Å². The standard InChI is InChI=1S/C23H21N9OS/c1-3-17(31-8-10-33-11-9-31)4-2-16(1)27-21-20-22(32(15-26-20)18-5-12-34-14-18)30-23(29-21)28-19-13-24-6-7-25-19/h1-7,12-15H,8-11H2,(H2,25,27,28,29,30). The van der Waals surface area contributed by atoms with Crippen molar-refractivity contribution in [2.24, 2.45) is 0 Å². The van der Waals surface area contributed by atoms with Crippen molar-refractivity contribution in [3.63, 3.8) is 0 Å². The van der Waals surface area contributed by atoms with E-state index in [1.807, 2.05) is 28.1 Å². The van der Waals surface area contributed by atoms with E-state index in [1.165, 1.54) is 5.69 Å². The summed E-state index contributed by atoms with van der Waals surface area (Å²) in [6.07, 6.45) is 6.63. The van der Waals surface area contributed by atoms with Crippen molar-refractivity contribution in [2.75, 3.05) is 41.8 Å². The number of hydrogen-bond acceptors (Lipinski definition) is 10. The van der Waals surface area contributed by atoms with Crippen molar-refractivity contribution in [1.29, 1.82) is 0 Å². The van der Waals surface area contributed by atoms with Gasteiger partial charge in [-0.15, -0.1) is 0 Å². The highest BCUT2D eigenvalue weighted by Crippen LogP contribution is 2.28. The molecule has 5 heterocycles. The fourth-order valence-electron chi connectivity index (χ4n) is 3.82. The lowest BCUT2D eigenvalue weighted by Gasteiger charge is -2.28. The molecule has 1 aliphatic rings. The van der Waals surface area contributed by atoms with E-state index in [2.05, 4.69) is 48.0 Å². The van der Waals surface area contributed by atoms with Gasteiger partial charge in [-0.2, -0.15) is 21.3 Å². The van der Waals surface area contributed by atoms with Crippen LogP contribution in [-0.4, -0.2) is 55.8 Å². The Balaban J connectivity index is 1.35. The highest BCUT2D eigenvalue weighted by molar-refractivity contribution is 7.08. The average molecular weight is 472 g/mol. The Hall–Kier alpha value is -4.09. The highest BCUT2D eigenvalue weighted by atomic mass is 32.1. The van der Waals surface area contributed by atoms with Gasteiger partial charge >= 0.3 is 0 Å². The van der Waals surface area contributed by atoms with Crippen LogP contribution in [0.15, 0.2) is 66.0 Å². The summed E-state index contributed by atoms with van der Waals surface area (Å²) < 4.78 is 7.40. The van der Waals surface area contributed by atoms with Crippen LogP contribution in [0.5, 0.6) is 0 Å². The number of rotatable bonds is 6. The third-order valence-corrected chi connectivity index (χ3v) is 6.16. The zero-order valence-corrected chi connectivity index (χ0v) is 18.9. The molecule has 5 aromatic rings. The van der Waals surface area contributed by atoms with Crippen LogP contribution in [-0.2, 0) is 4.74 Å². The first-order chi connectivity index (χ1) is 16.8. The number of ether oxygens (including phenoxy) is 1.